The summed E-state index contributed by atoms with van der Waals surface area (Å²) in [6.07, 6.45) is 2.52. The molecule has 5 heteroatoms. The molecule has 1 aliphatic carbocycles. The molecular weight excluding hydrogens is 302 g/mol. The van der Waals surface area contributed by atoms with Crippen LogP contribution >= 0.6 is 27.3 Å². The molecule has 1 heterocycles. The maximum Gasteiger partial charge on any atom is 0.261 e. The number of halogens is 1. The van der Waals surface area contributed by atoms with E-state index in [9.17, 15) is 9.90 Å². The molecule has 1 aromatic heterocycles. The first-order valence-corrected chi connectivity index (χ1v) is 7.39. The van der Waals surface area contributed by atoms with Crippen molar-refractivity contribution in [1.82, 2.24) is 5.32 Å². The molecule has 0 bridgehead atoms. The third-order valence-electron chi connectivity index (χ3n) is 3.15. The summed E-state index contributed by atoms with van der Waals surface area (Å²) in [5.41, 5.74) is 1.09. The van der Waals surface area contributed by atoms with Gasteiger partial charge in [-0.2, -0.15) is 0 Å². The largest absolute Gasteiger partial charge is 0.393 e. The van der Waals surface area contributed by atoms with Gasteiger partial charge in [-0.15, -0.1) is 11.3 Å². The van der Waals surface area contributed by atoms with Gasteiger partial charge in [0.05, 0.1) is 14.8 Å². The maximum absolute atomic E-state index is 11.9. The maximum atomic E-state index is 11.9. The smallest absolute Gasteiger partial charge is 0.261 e. The van der Waals surface area contributed by atoms with Crippen LogP contribution in [0.5, 0.6) is 0 Å². The summed E-state index contributed by atoms with van der Waals surface area (Å²) in [6, 6.07) is 1.90. The van der Waals surface area contributed by atoms with Crippen molar-refractivity contribution < 1.29 is 9.90 Å². The number of carbonyl (C=O) groups is 1. The average molecular weight is 318 g/mol. The van der Waals surface area contributed by atoms with E-state index in [0.717, 1.165) is 33.5 Å². The van der Waals surface area contributed by atoms with Gasteiger partial charge in [0.15, 0.2) is 0 Å². The van der Waals surface area contributed by atoms with E-state index in [0.29, 0.717) is 12.5 Å². The Morgan fingerprint density at radius 2 is 2.41 bits per heavy atom. The Morgan fingerprint density at radius 3 is 2.94 bits per heavy atom. The summed E-state index contributed by atoms with van der Waals surface area (Å²) in [7, 11) is 0. The van der Waals surface area contributed by atoms with Crippen molar-refractivity contribution in [2.45, 2.75) is 32.3 Å². The predicted molar refractivity (Wildman–Crippen MR) is 72.4 cm³/mol. The Bertz CT molecular complexity index is 399. The topological polar surface area (TPSA) is 49.3 Å². The SMILES string of the molecule is Cc1cc(C(=O)NCC2CCC(O)C2)sc1Br. The third-order valence-corrected chi connectivity index (χ3v) is 5.28. The molecule has 1 amide bonds. The van der Waals surface area contributed by atoms with Gasteiger partial charge in [0.2, 0.25) is 0 Å². The normalized spacial score (nSPS) is 23.9. The molecule has 0 aromatic carbocycles. The molecule has 2 rings (SSSR count). The zero-order valence-electron chi connectivity index (χ0n) is 9.70. The van der Waals surface area contributed by atoms with E-state index in [-0.39, 0.29) is 12.0 Å². The lowest BCUT2D eigenvalue weighted by atomic mass is 10.1. The molecule has 3 nitrogen and oxygen atoms in total. The molecule has 2 unspecified atom stereocenters. The van der Waals surface area contributed by atoms with E-state index in [2.05, 4.69) is 21.2 Å². The highest BCUT2D eigenvalue weighted by Gasteiger charge is 2.23. The number of amides is 1. The lowest BCUT2D eigenvalue weighted by Crippen LogP contribution is -2.28. The van der Waals surface area contributed by atoms with Crippen LogP contribution in [0, 0.1) is 12.8 Å². The fourth-order valence-electron chi connectivity index (χ4n) is 2.13. The molecule has 0 saturated heterocycles. The van der Waals surface area contributed by atoms with Gasteiger partial charge in [-0.05, 0) is 59.7 Å². The van der Waals surface area contributed by atoms with E-state index in [1.807, 2.05) is 13.0 Å². The Kier molecular flexibility index (Phi) is 4.22. The molecule has 17 heavy (non-hydrogen) atoms. The number of thiophene rings is 1. The quantitative estimate of drug-likeness (QED) is 0.900. The molecule has 1 saturated carbocycles. The summed E-state index contributed by atoms with van der Waals surface area (Å²) in [6.45, 7) is 2.65. The first-order valence-electron chi connectivity index (χ1n) is 5.78. The molecule has 0 aliphatic heterocycles. The Labute approximate surface area is 113 Å². The number of nitrogens with one attached hydrogen (secondary N) is 1. The van der Waals surface area contributed by atoms with Crippen LogP contribution in [0.15, 0.2) is 9.85 Å². The summed E-state index contributed by atoms with van der Waals surface area (Å²) in [4.78, 5) is 12.6. The predicted octanol–water partition coefficient (Wildman–Crippen LogP) is 2.71. The standard InChI is InChI=1S/C12H16BrNO2S/c1-7-4-10(17-11(7)13)12(16)14-6-8-2-3-9(15)5-8/h4,8-9,15H,2-3,5-6H2,1H3,(H,14,16). The monoisotopic (exact) mass is 317 g/mol. The Morgan fingerprint density at radius 1 is 1.65 bits per heavy atom. The zero-order valence-corrected chi connectivity index (χ0v) is 12.1. The molecule has 1 aromatic rings. The molecule has 2 atom stereocenters. The van der Waals surface area contributed by atoms with Crippen molar-refractivity contribution in [3.63, 3.8) is 0 Å². The van der Waals surface area contributed by atoms with E-state index >= 15 is 0 Å². The fourth-order valence-corrected chi connectivity index (χ4v) is 3.58. The summed E-state index contributed by atoms with van der Waals surface area (Å²) in [5, 5.41) is 12.3. The minimum atomic E-state index is -0.171. The van der Waals surface area contributed by atoms with Crippen LogP contribution in [0.25, 0.3) is 0 Å². The van der Waals surface area contributed by atoms with Crippen LogP contribution in [0.1, 0.15) is 34.5 Å². The van der Waals surface area contributed by atoms with Gasteiger partial charge in [0, 0.05) is 6.54 Å². The van der Waals surface area contributed by atoms with Crippen LogP contribution in [0.3, 0.4) is 0 Å². The van der Waals surface area contributed by atoms with Gasteiger partial charge < -0.3 is 10.4 Å². The fraction of sp³-hybridized carbons (Fsp3) is 0.583. The third kappa shape index (κ3) is 3.30. The number of aliphatic hydroxyl groups is 1. The average Bonchev–Trinajstić information content (AvgIpc) is 2.83. The molecule has 94 valence electrons. The van der Waals surface area contributed by atoms with Gasteiger partial charge in [0.1, 0.15) is 0 Å². The van der Waals surface area contributed by atoms with Crippen molar-refractivity contribution in [1.29, 1.82) is 0 Å². The lowest BCUT2D eigenvalue weighted by molar-refractivity contribution is 0.0949. The van der Waals surface area contributed by atoms with Crippen LogP contribution in [0.2, 0.25) is 0 Å². The second kappa shape index (κ2) is 5.50. The van der Waals surface area contributed by atoms with Crippen LogP contribution in [-0.4, -0.2) is 23.7 Å². The van der Waals surface area contributed by atoms with Crippen molar-refractivity contribution in [3.8, 4) is 0 Å². The van der Waals surface area contributed by atoms with Gasteiger partial charge in [-0.1, -0.05) is 0 Å². The molecule has 2 N–H and O–H groups in total. The van der Waals surface area contributed by atoms with E-state index < -0.39 is 0 Å². The molecule has 1 aliphatic rings. The minimum Gasteiger partial charge on any atom is -0.393 e. The first-order chi connectivity index (χ1) is 8.06. The Hall–Kier alpha value is -0.390. The minimum absolute atomic E-state index is 0.00908. The number of hydrogen-bond acceptors (Lipinski definition) is 3. The summed E-state index contributed by atoms with van der Waals surface area (Å²) >= 11 is 4.88. The van der Waals surface area contributed by atoms with Gasteiger partial charge in [-0.3, -0.25) is 4.79 Å². The number of hydrogen-bond donors (Lipinski definition) is 2. The molecule has 1 fully saturated rings. The number of carbonyl (C=O) groups excluding carboxylic acids is 1. The van der Waals surface area contributed by atoms with Gasteiger partial charge in [-0.25, -0.2) is 0 Å². The number of aryl methyl sites for hydroxylation is 1. The summed E-state index contributed by atoms with van der Waals surface area (Å²) in [5.74, 6) is 0.420. The van der Waals surface area contributed by atoms with Crippen molar-refractivity contribution in [2.75, 3.05) is 6.54 Å². The first kappa shape index (κ1) is 13.1. The summed E-state index contributed by atoms with van der Waals surface area (Å²) < 4.78 is 1.01. The number of aliphatic hydroxyl groups excluding tert-OH is 1. The van der Waals surface area contributed by atoms with Crippen molar-refractivity contribution in [2.24, 2.45) is 5.92 Å². The number of rotatable bonds is 3. The van der Waals surface area contributed by atoms with Crippen molar-refractivity contribution >= 4 is 33.2 Å². The van der Waals surface area contributed by atoms with E-state index in [4.69, 9.17) is 0 Å². The van der Waals surface area contributed by atoms with E-state index in [1.54, 1.807) is 0 Å². The molecule has 0 radical (unpaired) electrons. The highest BCUT2D eigenvalue weighted by atomic mass is 79.9. The van der Waals surface area contributed by atoms with Gasteiger partial charge >= 0.3 is 0 Å². The van der Waals surface area contributed by atoms with Gasteiger partial charge in [0.25, 0.3) is 5.91 Å². The Balaban J connectivity index is 1.85. The zero-order chi connectivity index (χ0) is 12.4. The highest BCUT2D eigenvalue weighted by molar-refractivity contribution is 9.11. The second-order valence-corrected chi connectivity index (χ2v) is 6.98. The highest BCUT2D eigenvalue weighted by Crippen LogP contribution is 2.28. The van der Waals surface area contributed by atoms with Crippen LogP contribution in [0.4, 0.5) is 0 Å². The molecular formula is C12H16BrNO2S. The van der Waals surface area contributed by atoms with Crippen LogP contribution in [-0.2, 0) is 0 Å². The van der Waals surface area contributed by atoms with Crippen LogP contribution < -0.4 is 5.32 Å². The molecule has 0 spiro atoms. The van der Waals surface area contributed by atoms with Crippen molar-refractivity contribution in [3.05, 3.63) is 20.3 Å². The lowest BCUT2D eigenvalue weighted by Gasteiger charge is -2.09. The van der Waals surface area contributed by atoms with E-state index in [1.165, 1.54) is 11.3 Å². The second-order valence-electron chi connectivity index (χ2n) is 4.61.